The third-order valence-corrected chi connectivity index (χ3v) is 3.18. The molecule has 2 atom stereocenters. The molecule has 0 saturated heterocycles. The number of rotatable bonds is 7. The zero-order valence-electron chi connectivity index (χ0n) is 12.4. The van der Waals surface area contributed by atoms with Crippen LogP contribution in [0.25, 0.3) is 0 Å². The molecule has 1 aromatic carbocycles. The maximum atomic E-state index is 13.5. The Bertz CT molecular complexity index is 396. The van der Waals surface area contributed by atoms with Crippen molar-refractivity contribution in [3.8, 4) is 5.75 Å². The van der Waals surface area contributed by atoms with Gasteiger partial charge in [0.2, 0.25) is 0 Å². The normalized spacial score (nSPS) is 14.5. The Morgan fingerprint density at radius 1 is 1.32 bits per heavy atom. The van der Waals surface area contributed by atoms with Crippen LogP contribution in [0.15, 0.2) is 18.2 Å². The highest BCUT2D eigenvalue weighted by molar-refractivity contribution is 5.37. The average Bonchev–Trinajstić information content (AvgIpc) is 2.38. The Kier molecular flexibility index (Phi) is 6.25. The first-order valence-corrected chi connectivity index (χ1v) is 6.67. The van der Waals surface area contributed by atoms with E-state index in [1.165, 1.54) is 12.1 Å². The van der Waals surface area contributed by atoms with E-state index in [0.717, 1.165) is 5.56 Å². The maximum Gasteiger partial charge on any atom is 0.123 e. The molecule has 2 unspecified atom stereocenters. The van der Waals surface area contributed by atoms with Crippen molar-refractivity contribution in [3.05, 3.63) is 29.6 Å². The molecule has 0 bridgehead atoms. The highest BCUT2D eigenvalue weighted by Gasteiger charge is 2.28. The Morgan fingerprint density at radius 2 is 2.00 bits per heavy atom. The van der Waals surface area contributed by atoms with Gasteiger partial charge in [-0.2, -0.15) is 0 Å². The fourth-order valence-electron chi connectivity index (χ4n) is 2.31. The van der Waals surface area contributed by atoms with E-state index in [4.69, 9.17) is 9.47 Å². The lowest BCUT2D eigenvalue weighted by molar-refractivity contribution is 0.00403. The molecule has 0 aliphatic rings. The topological polar surface area (TPSA) is 30.5 Å². The molecule has 3 nitrogen and oxygen atoms in total. The summed E-state index contributed by atoms with van der Waals surface area (Å²) in [6.45, 7) is 6.77. The predicted octanol–water partition coefficient (Wildman–Crippen LogP) is 3.16. The van der Waals surface area contributed by atoms with Gasteiger partial charge in [0.25, 0.3) is 0 Å². The molecule has 0 aliphatic heterocycles. The second kappa shape index (κ2) is 7.46. The average molecular weight is 269 g/mol. The van der Waals surface area contributed by atoms with Crippen LogP contribution in [0.2, 0.25) is 0 Å². The first-order chi connectivity index (χ1) is 9.04. The van der Waals surface area contributed by atoms with Gasteiger partial charge in [0.15, 0.2) is 0 Å². The van der Waals surface area contributed by atoms with E-state index in [9.17, 15) is 4.39 Å². The number of ether oxygens (including phenoxy) is 2. The van der Waals surface area contributed by atoms with Gasteiger partial charge in [0.1, 0.15) is 11.6 Å². The summed E-state index contributed by atoms with van der Waals surface area (Å²) in [5, 5.41) is 3.21. The molecule has 0 amide bonds. The summed E-state index contributed by atoms with van der Waals surface area (Å²) in [4.78, 5) is 0. The number of hydrogen-bond acceptors (Lipinski definition) is 3. The van der Waals surface area contributed by atoms with E-state index in [0.29, 0.717) is 18.3 Å². The van der Waals surface area contributed by atoms with Crippen molar-refractivity contribution in [3.63, 3.8) is 0 Å². The van der Waals surface area contributed by atoms with Crippen molar-refractivity contribution in [1.29, 1.82) is 0 Å². The molecule has 1 rings (SSSR count). The molecule has 0 radical (unpaired) electrons. The molecule has 0 fully saturated rings. The van der Waals surface area contributed by atoms with Crippen molar-refractivity contribution < 1.29 is 13.9 Å². The van der Waals surface area contributed by atoms with Gasteiger partial charge in [-0.1, -0.05) is 13.8 Å². The molecule has 1 aromatic rings. The third kappa shape index (κ3) is 3.91. The Hall–Kier alpha value is -1.13. The molecule has 4 heteroatoms. The number of nitrogens with one attached hydrogen (secondary N) is 1. The van der Waals surface area contributed by atoms with E-state index < -0.39 is 0 Å². The van der Waals surface area contributed by atoms with Crippen LogP contribution in [-0.2, 0) is 4.74 Å². The zero-order valence-corrected chi connectivity index (χ0v) is 12.4. The fraction of sp³-hybridized carbons (Fsp3) is 0.600. The molecule has 0 heterocycles. The lowest BCUT2D eigenvalue weighted by Crippen LogP contribution is -2.36. The standard InChI is InChI=1S/C15H24FNO2/c1-6-19-15(10(2)3)14(17-4)12-9-11(16)7-8-13(12)18-5/h7-10,14-15,17H,6H2,1-5H3. The highest BCUT2D eigenvalue weighted by atomic mass is 19.1. The smallest absolute Gasteiger partial charge is 0.123 e. The molecular weight excluding hydrogens is 245 g/mol. The van der Waals surface area contributed by atoms with Crippen LogP contribution in [0, 0.1) is 11.7 Å². The van der Waals surface area contributed by atoms with Crippen molar-refractivity contribution in [2.24, 2.45) is 5.92 Å². The second-order valence-corrected chi connectivity index (χ2v) is 4.82. The monoisotopic (exact) mass is 269 g/mol. The van der Waals surface area contributed by atoms with Crippen LogP contribution in [0.4, 0.5) is 4.39 Å². The van der Waals surface area contributed by atoms with Gasteiger partial charge in [0, 0.05) is 12.2 Å². The molecule has 1 N–H and O–H groups in total. The maximum absolute atomic E-state index is 13.5. The Labute approximate surface area is 115 Å². The van der Waals surface area contributed by atoms with E-state index in [2.05, 4.69) is 19.2 Å². The van der Waals surface area contributed by atoms with E-state index >= 15 is 0 Å². The molecule has 19 heavy (non-hydrogen) atoms. The highest BCUT2D eigenvalue weighted by Crippen LogP contribution is 2.31. The van der Waals surface area contributed by atoms with Gasteiger partial charge in [-0.25, -0.2) is 4.39 Å². The molecule has 108 valence electrons. The summed E-state index contributed by atoms with van der Waals surface area (Å²) < 4.78 is 24.6. The van der Waals surface area contributed by atoms with E-state index in [1.54, 1.807) is 13.2 Å². The van der Waals surface area contributed by atoms with Crippen LogP contribution in [0.5, 0.6) is 5.75 Å². The number of hydrogen-bond donors (Lipinski definition) is 1. The third-order valence-electron chi connectivity index (χ3n) is 3.18. The molecule has 0 spiro atoms. The number of methoxy groups -OCH3 is 1. The SMILES string of the molecule is CCOC(C(C)C)C(NC)c1cc(F)ccc1OC. The van der Waals surface area contributed by atoms with Gasteiger partial charge in [-0.15, -0.1) is 0 Å². The van der Waals surface area contributed by atoms with Crippen LogP contribution in [-0.4, -0.2) is 26.9 Å². The van der Waals surface area contributed by atoms with Gasteiger partial charge < -0.3 is 14.8 Å². The van der Waals surface area contributed by atoms with Gasteiger partial charge in [-0.05, 0) is 38.1 Å². The summed E-state index contributed by atoms with van der Waals surface area (Å²) in [7, 11) is 3.44. The Morgan fingerprint density at radius 3 is 2.47 bits per heavy atom. The van der Waals surface area contributed by atoms with Crippen LogP contribution in [0.3, 0.4) is 0 Å². The van der Waals surface area contributed by atoms with E-state index in [1.807, 2.05) is 14.0 Å². The largest absolute Gasteiger partial charge is 0.496 e. The van der Waals surface area contributed by atoms with Gasteiger partial charge in [0.05, 0.1) is 19.3 Å². The lowest BCUT2D eigenvalue weighted by atomic mass is 9.92. The van der Waals surface area contributed by atoms with Crippen molar-refractivity contribution in [1.82, 2.24) is 5.32 Å². The first kappa shape index (κ1) is 15.9. The van der Waals surface area contributed by atoms with Crippen LogP contribution in [0.1, 0.15) is 32.4 Å². The van der Waals surface area contributed by atoms with Crippen LogP contribution < -0.4 is 10.1 Å². The first-order valence-electron chi connectivity index (χ1n) is 6.67. The lowest BCUT2D eigenvalue weighted by Gasteiger charge is -2.31. The summed E-state index contributed by atoms with van der Waals surface area (Å²) in [6.07, 6.45) is -0.0364. The summed E-state index contributed by atoms with van der Waals surface area (Å²) in [5.41, 5.74) is 0.789. The number of halogens is 1. The summed E-state index contributed by atoms with van der Waals surface area (Å²) in [5.74, 6) is 0.714. The predicted molar refractivity (Wildman–Crippen MR) is 75.0 cm³/mol. The number of benzene rings is 1. The number of likely N-dealkylation sites (N-methyl/N-ethyl adjacent to an activating group) is 1. The molecule has 0 aliphatic carbocycles. The van der Waals surface area contributed by atoms with E-state index in [-0.39, 0.29) is 18.0 Å². The molecule has 0 aromatic heterocycles. The summed E-state index contributed by atoms with van der Waals surface area (Å²) in [6, 6.07) is 4.46. The minimum absolute atomic E-state index is 0.0364. The van der Waals surface area contributed by atoms with Crippen LogP contribution >= 0.6 is 0 Å². The van der Waals surface area contributed by atoms with Gasteiger partial charge >= 0.3 is 0 Å². The van der Waals surface area contributed by atoms with Crippen molar-refractivity contribution in [2.45, 2.75) is 32.9 Å². The zero-order chi connectivity index (χ0) is 14.4. The Balaban J connectivity index is 3.16. The van der Waals surface area contributed by atoms with Crippen molar-refractivity contribution in [2.75, 3.05) is 20.8 Å². The minimum atomic E-state index is -0.268. The minimum Gasteiger partial charge on any atom is -0.496 e. The van der Waals surface area contributed by atoms with Crippen molar-refractivity contribution >= 4 is 0 Å². The van der Waals surface area contributed by atoms with Gasteiger partial charge in [-0.3, -0.25) is 0 Å². The quantitative estimate of drug-likeness (QED) is 0.825. The fourth-order valence-corrected chi connectivity index (χ4v) is 2.31. The second-order valence-electron chi connectivity index (χ2n) is 4.82. The molecule has 0 saturated carbocycles. The molecular formula is C15H24FNO2. The summed E-state index contributed by atoms with van der Waals surface area (Å²) >= 11 is 0.